The van der Waals surface area contributed by atoms with Crippen molar-refractivity contribution in [1.82, 2.24) is 0 Å². The summed E-state index contributed by atoms with van der Waals surface area (Å²) < 4.78 is 11.2. The molecule has 0 heterocycles. The lowest BCUT2D eigenvalue weighted by molar-refractivity contribution is 0.375. The van der Waals surface area contributed by atoms with Gasteiger partial charge < -0.3 is 0 Å². The standard InChI is InChI=1S/C6H8O3P/c7-10(8)9-6-4-2-1-3-5-6/h1-5,7-8,10H/q+1/i10D. The molecule has 54 valence electrons. The Morgan fingerprint density at radius 1 is 1.30 bits per heavy atom. The van der Waals surface area contributed by atoms with E-state index in [9.17, 15) is 0 Å². The molecular weight excluding hydrogens is 151 g/mol. The number of para-hydroxylation sites is 1. The van der Waals surface area contributed by atoms with Gasteiger partial charge in [0.1, 0.15) is 0 Å². The average Bonchev–Trinajstić information content (AvgIpc) is 1.85. The zero-order chi connectivity index (χ0) is 8.32. The van der Waals surface area contributed by atoms with Gasteiger partial charge in [-0.05, 0) is 12.1 Å². The lowest BCUT2D eigenvalue weighted by Gasteiger charge is -1.95. The molecule has 0 aliphatic carbocycles. The van der Waals surface area contributed by atoms with E-state index in [1.54, 1.807) is 30.3 Å². The van der Waals surface area contributed by atoms with E-state index in [1.165, 1.54) is 0 Å². The molecule has 0 amide bonds. The maximum atomic E-state index is 8.58. The summed E-state index contributed by atoms with van der Waals surface area (Å²) in [6, 6.07) is 8.24. The first kappa shape index (κ1) is 6.10. The molecule has 0 aliphatic heterocycles. The molecule has 0 bridgehead atoms. The lowest BCUT2D eigenvalue weighted by atomic mass is 10.3. The van der Waals surface area contributed by atoms with Crippen molar-refractivity contribution in [2.75, 3.05) is 0 Å². The number of hydrogen-bond donors (Lipinski definition) is 2. The van der Waals surface area contributed by atoms with Crippen LogP contribution in [0.25, 0.3) is 0 Å². The highest BCUT2D eigenvalue weighted by molar-refractivity contribution is 7.39. The van der Waals surface area contributed by atoms with Gasteiger partial charge in [0.2, 0.25) is 0 Å². The van der Waals surface area contributed by atoms with Crippen LogP contribution in [0.1, 0.15) is 0 Å². The summed E-state index contributed by atoms with van der Waals surface area (Å²) >= 11 is 0. The Bertz CT molecular complexity index is 221. The summed E-state index contributed by atoms with van der Waals surface area (Å²) in [5.74, 6) is 0.292. The van der Waals surface area contributed by atoms with Gasteiger partial charge >= 0.3 is 9.83 Å². The molecular formula is C6H8O3P+. The van der Waals surface area contributed by atoms with Crippen LogP contribution in [0.4, 0.5) is 0 Å². The van der Waals surface area contributed by atoms with Crippen LogP contribution in [0.5, 0.6) is 5.75 Å². The molecule has 0 saturated heterocycles. The van der Waals surface area contributed by atoms with Crippen LogP contribution in [0.3, 0.4) is 0 Å². The van der Waals surface area contributed by atoms with Gasteiger partial charge in [-0.15, -0.1) is 0 Å². The second kappa shape index (κ2) is 3.52. The van der Waals surface area contributed by atoms with Crippen molar-refractivity contribution in [2.45, 2.75) is 0 Å². The van der Waals surface area contributed by atoms with Crippen molar-refractivity contribution < 1.29 is 14.3 Å². The summed E-state index contributed by atoms with van der Waals surface area (Å²) in [7, 11) is -3.89. The molecule has 0 atom stereocenters. The molecule has 1 rings (SSSR count). The molecule has 0 unspecified atom stereocenters. The predicted octanol–water partition coefficient (Wildman–Crippen LogP) is 1.01. The molecule has 0 saturated carbocycles. The maximum Gasteiger partial charge on any atom is 0.439 e. The van der Waals surface area contributed by atoms with E-state index in [1.807, 2.05) is 0 Å². The van der Waals surface area contributed by atoms with Crippen LogP contribution < -0.4 is 4.52 Å². The first-order chi connectivity index (χ1) is 5.08. The van der Waals surface area contributed by atoms with E-state index >= 15 is 0 Å². The fourth-order valence-electron chi connectivity index (χ4n) is 0.576. The molecule has 1 aromatic rings. The molecule has 0 aromatic heterocycles. The highest BCUT2D eigenvalue weighted by Gasteiger charge is 2.06. The highest BCUT2D eigenvalue weighted by atomic mass is 31.2. The molecule has 10 heavy (non-hydrogen) atoms. The molecule has 3 nitrogen and oxygen atoms in total. The van der Waals surface area contributed by atoms with Gasteiger partial charge in [0, 0.05) is 0 Å². The van der Waals surface area contributed by atoms with Crippen LogP contribution in [-0.4, -0.2) is 11.1 Å². The smallest absolute Gasteiger partial charge is 0.290 e. The second-order valence-corrected chi connectivity index (χ2v) is 2.35. The van der Waals surface area contributed by atoms with Crippen molar-refractivity contribution in [3.63, 3.8) is 0 Å². The molecule has 2 N–H and O–H groups in total. The Labute approximate surface area is 61.2 Å². The third-order valence-electron chi connectivity index (χ3n) is 0.930. The normalized spacial score (nSPS) is 12.4. The Morgan fingerprint density at radius 3 is 2.40 bits per heavy atom. The minimum Gasteiger partial charge on any atom is -0.290 e. The molecule has 0 aliphatic rings. The monoisotopic (exact) mass is 160 g/mol. The SMILES string of the molecule is [2H][P+](O)(O)Oc1ccccc1. The van der Waals surface area contributed by atoms with Crippen molar-refractivity contribution in [3.8, 4) is 5.75 Å². The number of benzene rings is 1. The fourth-order valence-corrected chi connectivity index (χ4v) is 0.886. The largest absolute Gasteiger partial charge is 0.439 e. The molecule has 0 radical (unpaired) electrons. The summed E-state index contributed by atoms with van der Waals surface area (Å²) in [6.07, 6.45) is 0. The van der Waals surface area contributed by atoms with Gasteiger partial charge in [0.15, 0.2) is 5.75 Å². The topological polar surface area (TPSA) is 49.7 Å². The quantitative estimate of drug-likeness (QED) is 0.634. The Balaban J connectivity index is 2.66. The number of hydrogen-bond acceptors (Lipinski definition) is 3. The lowest BCUT2D eigenvalue weighted by Crippen LogP contribution is -1.82. The van der Waals surface area contributed by atoms with Crippen LogP contribution in [0, 0.1) is 0 Å². The van der Waals surface area contributed by atoms with E-state index < -0.39 is 8.55 Å². The summed E-state index contributed by atoms with van der Waals surface area (Å²) in [5, 5.41) is 0. The van der Waals surface area contributed by atoms with Crippen LogP contribution in [0.2, 0.25) is 0 Å². The van der Waals surface area contributed by atoms with Gasteiger partial charge in [-0.1, -0.05) is 18.2 Å². The van der Waals surface area contributed by atoms with Crippen LogP contribution >= 0.6 is 8.55 Å². The van der Waals surface area contributed by atoms with Gasteiger partial charge in [0.05, 0.1) is 0 Å². The summed E-state index contributed by atoms with van der Waals surface area (Å²) in [6.45, 7) is 0. The first-order valence-electron chi connectivity index (χ1n) is 3.14. The summed E-state index contributed by atoms with van der Waals surface area (Å²) in [5.41, 5.74) is 0. The minimum atomic E-state index is -3.89. The summed E-state index contributed by atoms with van der Waals surface area (Å²) in [4.78, 5) is 17.2. The fraction of sp³-hybridized carbons (Fsp3) is 0. The average molecular weight is 160 g/mol. The predicted molar refractivity (Wildman–Crippen MR) is 39.8 cm³/mol. The van der Waals surface area contributed by atoms with Crippen molar-refractivity contribution in [2.24, 2.45) is 0 Å². The molecule has 4 heteroatoms. The van der Waals surface area contributed by atoms with Crippen LogP contribution in [-0.2, 0) is 0 Å². The van der Waals surface area contributed by atoms with Gasteiger partial charge in [-0.3, -0.25) is 4.52 Å². The third kappa shape index (κ3) is 2.31. The van der Waals surface area contributed by atoms with E-state index in [0.717, 1.165) is 0 Å². The van der Waals surface area contributed by atoms with Crippen molar-refractivity contribution in [3.05, 3.63) is 30.3 Å². The molecule has 0 fully saturated rings. The van der Waals surface area contributed by atoms with E-state index in [4.69, 9.17) is 11.1 Å². The van der Waals surface area contributed by atoms with E-state index in [2.05, 4.69) is 4.52 Å². The highest BCUT2D eigenvalue weighted by Crippen LogP contribution is 2.27. The van der Waals surface area contributed by atoms with Crippen LogP contribution in [0.15, 0.2) is 30.3 Å². The van der Waals surface area contributed by atoms with Gasteiger partial charge in [-0.25, -0.2) is 0 Å². The van der Waals surface area contributed by atoms with Gasteiger partial charge in [0.25, 0.3) is 0 Å². The van der Waals surface area contributed by atoms with Gasteiger partial charge in [-0.2, -0.15) is 9.79 Å². The molecule has 0 spiro atoms. The minimum absolute atomic E-state index is 0.292. The van der Waals surface area contributed by atoms with Crippen molar-refractivity contribution in [1.29, 1.82) is 1.28 Å². The Morgan fingerprint density at radius 2 is 1.90 bits per heavy atom. The van der Waals surface area contributed by atoms with E-state index in [-0.39, 0.29) is 0 Å². The zero-order valence-electron chi connectivity index (χ0n) is 6.14. The molecule has 1 aromatic carbocycles. The Hall–Kier alpha value is -0.630. The second-order valence-electron chi connectivity index (χ2n) is 1.66. The maximum absolute atomic E-state index is 8.58. The number of rotatable bonds is 2. The van der Waals surface area contributed by atoms with Crippen molar-refractivity contribution >= 4 is 8.55 Å². The third-order valence-corrected chi connectivity index (χ3v) is 1.30. The van der Waals surface area contributed by atoms with E-state index in [0.29, 0.717) is 5.75 Å². The first-order valence-corrected chi connectivity index (χ1v) is 3.86. The Kier molecular flexibility index (Phi) is 2.15. The zero-order valence-corrected chi connectivity index (χ0v) is 6.03.